The maximum absolute atomic E-state index is 12.5. The zero-order valence-electron chi connectivity index (χ0n) is 12.9. The maximum atomic E-state index is 12.5. The van der Waals surface area contributed by atoms with Gasteiger partial charge in [0.15, 0.2) is 0 Å². The highest BCUT2D eigenvalue weighted by Gasteiger charge is 2.30. The van der Waals surface area contributed by atoms with E-state index in [1.54, 1.807) is 11.8 Å². The average molecular weight is 330 g/mol. The van der Waals surface area contributed by atoms with Gasteiger partial charge in [-0.05, 0) is 43.4 Å². The Kier molecular flexibility index (Phi) is 5.51. The van der Waals surface area contributed by atoms with Gasteiger partial charge in [0.25, 0.3) is 0 Å². The number of urea groups is 1. The molecule has 2 atom stereocenters. The molecule has 0 spiro atoms. The first-order valence-electron chi connectivity index (χ1n) is 7.64. The Balaban J connectivity index is 1.95. The van der Waals surface area contributed by atoms with Crippen molar-refractivity contribution in [2.24, 2.45) is 5.92 Å². The molecule has 7 heteroatoms. The lowest BCUT2D eigenvalue weighted by molar-refractivity contribution is -0.137. The third kappa shape index (κ3) is 4.60. The van der Waals surface area contributed by atoms with Crippen molar-refractivity contribution in [2.45, 2.75) is 32.0 Å². The number of hydrogen-bond acceptors (Lipinski definition) is 2. The number of piperidine rings is 1. The lowest BCUT2D eigenvalue weighted by atomic mass is 9.99. The van der Waals surface area contributed by atoms with E-state index in [1.165, 1.54) is 12.1 Å². The van der Waals surface area contributed by atoms with Crippen LogP contribution in [0.25, 0.3) is 0 Å². The van der Waals surface area contributed by atoms with E-state index >= 15 is 0 Å². The van der Waals surface area contributed by atoms with Crippen molar-refractivity contribution in [1.82, 2.24) is 10.2 Å². The number of nitrogens with zero attached hydrogens (tertiary/aromatic N) is 1. The predicted octanol–water partition coefficient (Wildman–Crippen LogP) is 3.18. The van der Waals surface area contributed by atoms with Crippen molar-refractivity contribution in [3.05, 3.63) is 35.4 Å². The third-order valence-electron chi connectivity index (χ3n) is 4.14. The molecule has 0 aliphatic carbocycles. The number of alkyl halides is 3. The number of hydrogen-bond donors (Lipinski definition) is 2. The van der Waals surface area contributed by atoms with Crippen molar-refractivity contribution in [3.63, 3.8) is 0 Å². The molecule has 2 rings (SSSR count). The molecule has 0 aromatic heterocycles. The standard InChI is InChI=1S/C16H21F3N2O2/c1-11(13-4-6-14(7-5-13)16(17,18)19)20-15(23)21-8-2-3-12(9-21)10-22/h4-7,11-12,22H,2-3,8-10H2,1H3,(H,20,23)/t11-,12+/m1/s1. The van der Waals surface area contributed by atoms with Crippen molar-refractivity contribution in [2.75, 3.05) is 19.7 Å². The zero-order valence-corrected chi connectivity index (χ0v) is 12.9. The monoisotopic (exact) mass is 330 g/mol. The van der Waals surface area contributed by atoms with E-state index in [2.05, 4.69) is 5.32 Å². The second kappa shape index (κ2) is 7.21. The summed E-state index contributed by atoms with van der Waals surface area (Å²) in [6.07, 6.45) is -2.62. The topological polar surface area (TPSA) is 52.6 Å². The van der Waals surface area contributed by atoms with Gasteiger partial charge in [-0.2, -0.15) is 13.2 Å². The molecular weight excluding hydrogens is 309 g/mol. The number of aliphatic hydroxyl groups is 1. The van der Waals surface area contributed by atoms with Gasteiger partial charge in [0, 0.05) is 19.7 Å². The van der Waals surface area contributed by atoms with Crippen LogP contribution in [0.5, 0.6) is 0 Å². The highest BCUT2D eigenvalue weighted by Crippen LogP contribution is 2.30. The molecule has 1 aliphatic rings. The normalized spacial score (nSPS) is 20.2. The molecule has 4 nitrogen and oxygen atoms in total. The number of carbonyl (C=O) groups excluding carboxylic acids is 1. The molecule has 0 unspecified atom stereocenters. The Labute approximate surface area is 133 Å². The fraction of sp³-hybridized carbons (Fsp3) is 0.562. The summed E-state index contributed by atoms with van der Waals surface area (Å²) in [5.74, 6) is 0.0934. The fourth-order valence-corrected chi connectivity index (χ4v) is 2.72. The van der Waals surface area contributed by atoms with E-state index in [0.29, 0.717) is 18.7 Å². The Morgan fingerprint density at radius 1 is 1.39 bits per heavy atom. The Morgan fingerprint density at radius 3 is 2.61 bits per heavy atom. The summed E-state index contributed by atoms with van der Waals surface area (Å²) >= 11 is 0. The van der Waals surface area contributed by atoms with Crippen LogP contribution in [0, 0.1) is 5.92 Å². The summed E-state index contributed by atoms with van der Waals surface area (Å²) in [7, 11) is 0. The van der Waals surface area contributed by atoms with Crippen molar-refractivity contribution < 1.29 is 23.1 Å². The second-order valence-electron chi connectivity index (χ2n) is 5.93. The highest BCUT2D eigenvalue weighted by atomic mass is 19.4. The Hall–Kier alpha value is -1.76. The van der Waals surface area contributed by atoms with E-state index < -0.39 is 11.7 Å². The molecule has 1 aliphatic heterocycles. The summed E-state index contributed by atoms with van der Waals surface area (Å²) in [6, 6.07) is 4.14. The first-order chi connectivity index (χ1) is 10.8. The minimum absolute atomic E-state index is 0.0538. The van der Waals surface area contributed by atoms with Crippen LogP contribution < -0.4 is 5.32 Å². The van der Waals surface area contributed by atoms with E-state index in [-0.39, 0.29) is 24.6 Å². The van der Waals surface area contributed by atoms with Crippen LogP contribution in [-0.4, -0.2) is 35.7 Å². The van der Waals surface area contributed by atoms with Gasteiger partial charge >= 0.3 is 12.2 Å². The summed E-state index contributed by atoms with van der Waals surface area (Å²) in [4.78, 5) is 13.9. The van der Waals surface area contributed by atoms with E-state index in [4.69, 9.17) is 0 Å². The predicted molar refractivity (Wildman–Crippen MR) is 79.8 cm³/mol. The van der Waals surface area contributed by atoms with Gasteiger partial charge in [0.05, 0.1) is 11.6 Å². The summed E-state index contributed by atoms with van der Waals surface area (Å²) in [5, 5.41) is 12.0. The van der Waals surface area contributed by atoms with Gasteiger partial charge in [0.2, 0.25) is 0 Å². The van der Waals surface area contributed by atoms with Gasteiger partial charge in [-0.3, -0.25) is 0 Å². The molecule has 1 saturated heterocycles. The molecule has 2 N–H and O–H groups in total. The Morgan fingerprint density at radius 2 is 2.04 bits per heavy atom. The molecule has 0 bridgehead atoms. The van der Waals surface area contributed by atoms with Gasteiger partial charge in [-0.1, -0.05) is 12.1 Å². The van der Waals surface area contributed by atoms with E-state index in [9.17, 15) is 23.1 Å². The summed E-state index contributed by atoms with van der Waals surface area (Å²) in [6.45, 7) is 2.91. The van der Waals surface area contributed by atoms with E-state index in [1.807, 2.05) is 0 Å². The number of carbonyl (C=O) groups is 1. The van der Waals surface area contributed by atoms with Crippen LogP contribution in [0.4, 0.5) is 18.0 Å². The molecule has 1 aromatic rings. The first kappa shape index (κ1) is 17.6. The first-order valence-corrected chi connectivity index (χ1v) is 7.64. The van der Waals surface area contributed by atoms with Crippen LogP contribution in [0.3, 0.4) is 0 Å². The van der Waals surface area contributed by atoms with Crippen molar-refractivity contribution in [3.8, 4) is 0 Å². The number of halogens is 3. The molecule has 0 radical (unpaired) electrons. The number of rotatable bonds is 3. The lowest BCUT2D eigenvalue weighted by Gasteiger charge is -2.32. The van der Waals surface area contributed by atoms with Crippen LogP contribution in [0.2, 0.25) is 0 Å². The highest BCUT2D eigenvalue weighted by molar-refractivity contribution is 5.74. The van der Waals surface area contributed by atoms with Crippen LogP contribution in [-0.2, 0) is 6.18 Å². The SMILES string of the molecule is C[C@@H](NC(=O)N1CCC[C@H](CO)C1)c1ccc(C(F)(F)F)cc1. The number of benzene rings is 1. The molecule has 1 heterocycles. The van der Waals surface area contributed by atoms with Gasteiger partial charge in [-0.25, -0.2) is 4.79 Å². The molecule has 2 amide bonds. The molecule has 0 saturated carbocycles. The molecule has 1 aromatic carbocycles. The minimum Gasteiger partial charge on any atom is -0.396 e. The molecular formula is C16H21F3N2O2. The average Bonchev–Trinajstić information content (AvgIpc) is 2.54. The van der Waals surface area contributed by atoms with Crippen LogP contribution >= 0.6 is 0 Å². The largest absolute Gasteiger partial charge is 0.416 e. The number of amides is 2. The summed E-state index contributed by atoms with van der Waals surface area (Å²) in [5.41, 5.74) is -0.0938. The molecule has 1 fully saturated rings. The quantitative estimate of drug-likeness (QED) is 0.894. The third-order valence-corrected chi connectivity index (χ3v) is 4.14. The van der Waals surface area contributed by atoms with Crippen LogP contribution in [0.1, 0.15) is 36.9 Å². The summed E-state index contributed by atoms with van der Waals surface area (Å²) < 4.78 is 37.6. The minimum atomic E-state index is -4.36. The maximum Gasteiger partial charge on any atom is 0.416 e. The van der Waals surface area contributed by atoms with Gasteiger partial charge in [-0.15, -0.1) is 0 Å². The lowest BCUT2D eigenvalue weighted by Crippen LogP contribution is -2.46. The van der Waals surface area contributed by atoms with Gasteiger partial charge < -0.3 is 15.3 Å². The fourth-order valence-electron chi connectivity index (χ4n) is 2.72. The number of nitrogens with one attached hydrogen (secondary N) is 1. The second-order valence-corrected chi connectivity index (χ2v) is 5.93. The van der Waals surface area contributed by atoms with Crippen LogP contribution in [0.15, 0.2) is 24.3 Å². The molecule has 23 heavy (non-hydrogen) atoms. The number of likely N-dealkylation sites (tertiary alicyclic amines) is 1. The van der Waals surface area contributed by atoms with E-state index in [0.717, 1.165) is 25.0 Å². The van der Waals surface area contributed by atoms with Gasteiger partial charge in [0.1, 0.15) is 0 Å². The number of aliphatic hydroxyl groups excluding tert-OH is 1. The van der Waals surface area contributed by atoms with Crippen molar-refractivity contribution >= 4 is 6.03 Å². The Bertz CT molecular complexity index is 531. The molecule has 128 valence electrons. The smallest absolute Gasteiger partial charge is 0.396 e. The van der Waals surface area contributed by atoms with Crippen molar-refractivity contribution in [1.29, 1.82) is 0 Å². The zero-order chi connectivity index (χ0) is 17.0.